The van der Waals surface area contributed by atoms with Crippen molar-refractivity contribution in [3.8, 4) is 0 Å². The lowest BCUT2D eigenvalue weighted by Gasteiger charge is -2.22. The van der Waals surface area contributed by atoms with Crippen LogP contribution >= 0.6 is 11.6 Å². The molecule has 0 saturated carbocycles. The first-order valence-electron chi connectivity index (χ1n) is 5.89. The van der Waals surface area contributed by atoms with Crippen LogP contribution in [0.5, 0.6) is 0 Å². The zero-order valence-electron chi connectivity index (χ0n) is 9.83. The van der Waals surface area contributed by atoms with Gasteiger partial charge in [0.25, 0.3) is 0 Å². The Morgan fingerprint density at radius 3 is 3.00 bits per heavy atom. The molecule has 1 aromatic carbocycles. The van der Waals surface area contributed by atoms with Crippen molar-refractivity contribution >= 4 is 11.6 Å². The van der Waals surface area contributed by atoms with E-state index in [9.17, 15) is 4.39 Å². The molecule has 0 aromatic heterocycles. The standard InChI is InChI=1S/C13H17ClFNO/c1-8-10(5-6-17-8)12(16)7-9-3-2-4-11(14)13(9)15/h2-4,8,10,12H,5-7,16H2,1H3. The Morgan fingerprint density at radius 2 is 2.35 bits per heavy atom. The van der Waals surface area contributed by atoms with Gasteiger partial charge in [-0.2, -0.15) is 0 Å². The van der Waals surface area contributed by atoms with E-state index in [-0.39, 0.29) is 23.0 Å². The maximum Gasteiger partial charge on any atom is 0.145 e. The van der Waals surface area contributed by atoms with Crippen LogP contribution in [0.4, 0.5) is 4.39 Å². The number of benzene rings is 1. The number of nitrogens with two attached hydrogens (primary N) is 1. The van der Waals surface area contributed by atoms with Crippen LogP contribution in [-0.2, 0) is 11.2 Å². The van der Waals surface area contributed by atoms with E-state index in [1.807, 2.05) is 6.92 Å². The fraction of sp³-hybridized carbons (Fsp3) is 0.538. The minimum Gasteiger partial charge on any atom is -0.378 e. The van der Waals surface area contributed by atoms with Gasteiger partial charge < -0.3 is 10.5 Å². The Kier molecular flexibility index (Phi) is 4.02. The molecule has 3 unspecified atom stereocenters. The van der Waals surface area contributed by atoms with Crippen LogP contribution in [0.15, 0.2) is 18.2 Å². The Balaban J connectivity index is 2.07. The average Bonchev–Trinajstić information content (AvgIpc) is 2.71. The third-order valence-corrected chi connectivity index (χ3v) is 3.76. The maximum atomic E-state index is 13.7. The van der Waals surface area contributed by atoms with Gasteiger partial charge in [-0.15, -0.1) is 0 Å². The van der Waals surface area contributed by atoms with Gasteiger partial charge in [0.2, 0.25) is 0 Å². The van der Waals surface area contributed by atoms with E-state index in [0.29, 0.717) is 17.9 Å². The van der Waals surface area contributed by atoms with Crippen molar-refractivity contribution in [2.75, 3.05) is 6.61 Å². The van der Waals surface area contributed by atoms with Crippen molar-refractivity contribution in [3.63, 3.8) is 0 Å². The van der Waals surface area contributed by atoms with Gasteiger partial charge in [-0.3, -0.25) is 0 Å². The fourth-order valence-electron chi connectivity index (χ4n) is 2.42. The fourth-order valence-corrected chi connectivity index (χ4v) is 2.62. The number of halogens is 2. The number of hydrogen-bond donors (Lipinski definition) is 1. The van der Waals surface area contributed by atoms with E-state index in [2.05, 4.69) is 0 Å². The summed E-state index contributed by atoms with van der Waals surface area (Å²) < 4.78 is 19.2. The van der Waals surface area contributed by atoms with E-state index in [1.54, 1.807) is 18.2 Å². The SMILES string of the molecule is CC1OCCC1C(N)Cc1cccc(Cl)c1F. The molecule has 3 atom stereocenters. The number of hydrogen-bond acceptors (Lipinski definition) is 2. The first kappa shape index (κ1) is 12.8. The highest BCUT2D eigenvalue weighted by molar-refractivity contribution is 6.30. The van der Waals surface area contributed by atoms with Gasteiger partial charge in [0.15, 0.2) is 0 Å². The Labute approximate surface area is 106 Å². The molecule has 0 bridgehead atoms. The summed E-state index contributed by atoms with van der Waals surface area (Å²) in [5, 5.41) is 0.158. The summed E-state index contributed by atoms with van der Waals surface area (Å²) in [6.07, 6.45) is 1.61. The van der Waals surface area contributed by atoms with E-state index >= 15 is 0 Å². The third kappa shape index (κ3) is 2.79. The molecule has 2 N–H and O–H groups in total. The van der Waals surface area contributed by atoms with Crippen LogP contribution in [-0.4, -0.2) is 18.8 Å². The molecule has 0 spiro atoms. The van der Waals surface area contributed by atoms with Crippen molar-refractivity contribution < 1.29 is 9.13 Å². The van der Waals surface area contributed by atoms with E-state index in [1.165, 1.54) is 0 Å². The Bertz CT molecular complexity index is 399. The molecule has 1 heterocycles. The molecule has 17 heavy (non-hydrogen) atoms. The van der Waals surface area contributed by atoms with Crippen molar-refractivity contribution in [3.05, 3.63) is 34.6 Å². The lowest BCUT2D eigenvalue weighted by Crippen LogP contribution is -2.36. The van der Waals surface area contributed by atoms with Crippen molar-refractivity contribution in [2.24, 2.45) is 11.7 Å². The van der Waals surface area contributed by atoms with Crippen molar-refractivity contribution in [2.45, 2.75) is 31.9 Å². The normalized spacial score (nSPS) is 26.1. The van der Waals surface area contributed by atoms with Crippen LogP contribution < -0.4 is 5.73 Å². The smallest absolute Gasteiger partial charge is 0.145 e. The Hall–Kier alpha value is -0.640. The number of ether oxygens (including phenoxy) is 1. The molecule has 2 nitrogen and oxygen atoms in total. The predicted octanol–water partition coefficient (Wildman–Crippen LogP) is 2.77. The quantitative estimate of drug-likeness (QED) is 0.904. The molecule has 1 aliphatic rings. The first-order chi connectivity index (χ1) is 8.09. The second-order valence-corrected chi connectivity index (χ2v) is 5.02. The highest BCUT2D eigenvalue weighted by Gasteiger charge is 2.30. The van der Waals surface area contributed by atoms with Crippen molar-refractivity contribution in [1.82, 2.24) is 0 Å². The second kappa shape index (κ2) is 5.34. The van der Waals surface area contributed by atoms with E-state index in [0.717, 1.165) is 13.0 Å². The van der Waals surface area contributed by atoms with Crippen LogP contribution in [0.2, 0.25) is 5.02 Å². The molecule has 1 aliphatic heterocycles. The van der Waals surface area contributed by atoms with Crippen LogP contribution in [0, 0.1) is 11.7 Å². The van der Waals surface area contributed by atoms with Gasteiger partial charge in [0.05, 0.1) is 11.1 Å². The predicted molar refractivity (Wildman–Crippen MR) is 66.6 cm³/mol. The molecule has 0 radical (unpaired) electrons. The highest BCUT2D eigenvalue weighted by Crippen LogP contribution is 2.26. The minimum atomic E-state index is -0.351. The summed E-state index contributed by atoms with van der Waals surface area (Å²) >= 11 is 5.75. The van der Waals surface area contributed by atoms with Gasteiger partial charge in [-0.05, 0) is 31.4 Å². The summed E-state index contributed by atoms with van der Waals surface area (Å²) in [5.41, 5.74) is 6.72. The van der Waals surface area contributed by atoms with Crippen LogP contribution in [0.3, 0.4) is 0 Å². The molecule has 1 saturated heterocycles. The van der Waals surface area contributed by atoms with Gasteiger partial charge in [0.1, 0.15) is 5.82 Å². The third-order valence-electron chi connectivity index (χ3n) is 3.47. The first-order valence-corrected chi connectivity index (χ1v) is 6.27. The van der Waals surface area contributed by atoms with Gasteiger partial charge in [-0.1, -0.05) is 23.7 Å². The maximum absolute atomic E-state index is 13.7. The van der Waals surface area contributed by atoms with Gasteiger partial charge in [-0.25, -0.2) is 4.39 Å². The molecule has 2 rings (SSSR count). The zero-order chi connectivity index (χ0) is 12.4. The van der Waals surface area contributed by atoms with E-state index in [4.69, 9.17) is 22.1 Å². The van der Waals surface area contributed by atoms with Crippen LogP contribution in [0.25, 0.3) is 0 Å². The van der Waals surface area contributed by atoms with Gasteiger partial charge in [0, 0.05) is 18.6 Å². The monoisotopic (exact) mass is 257 g/mol. The zero-order valence-corrected chi connectivity index (χ0v) is 10.6. The topological polar surface area (TPSA) is 35.2 Å². The van der Waals surface area contributed by atoms with E-state index < -0.39 is 0 Å². The average molecular weight is 258 g/mol. The Morgan fingerprint density at radius 1 is 1.59 bits per heavy atom. The largest absolute Gasteiger partial charge is 0.378 e. The molecular formula is C13H17ClFNO. The molecule has 4 heteroatoms. The highest BCUT2D eigenvalue weighted by atomic mass is 35.5. The van der Waals surface area contributed by atoms with Gasteiger partial charge >= 0.3 is 0 Å². The molecule has 0 aliphatic carbocycles. The molecular weight excluding hydrogens is 241 g/mol. The summed E-state index contributed by atoms with van der Waals surface area (Å²) in [4.78, 5) is 0. The lowest BCUT2D eigenvalue weighted by molar-refractivity contribution is 0.0994. The summed E-state index contributed by atoms with van der Waals surface area (Å²) in [7, 11) is 0. The summed E-state index contributed by atoms with van der Waals surface area (Å²) in [5.74, 6) is -0.0513. The molecule has 0 amide bonds. The van der Waals surface area contributed by atoms with Crippen molar-refractivity contribution in [1.29, 1.82) is 0 Å². The molecule has 1 aromatic rings. The molecule has 94 valence electrons. The second-order valence-electron chi connectivity index (χ2n) is 4.61. The summed E-state index contributed by atoms with van der Waals surface area (Å²) in [6, 6.07) is 4.96. The van der Waals surface area contributed by atoms with Crippen LogP contribution in [0.1, 0.15) is 18.9 Å². The lowest BCUT2D eigenvalue weighted by atomic mass is 9.89. The number of rotatable bonds is 3. The summed E-state index contributed by atoms with van der Waals surface area (Å²) in [6.45, 7) is 2.77. The minimum absolute atomic E-state index is 0.0829. The molecule has 1 fully saturated rings.